The molecule has 2 aliphatic heterocycles. The minimum Gasteiger partial charge on any atom is -0.480 e. The molecule has 2 heterocycles. The summed E-state index contributed by atoms with van der Waals surface area (Å²) in [6.45, 7) is 0. The van der Waals surface area contributed by atoms with Crippen LogP contribution >= 0.6 is 0 Å². The molecule has 2 aliphatic rings. The van der Waals surface area contributed by atoms with E-state index in [0.717, 1.165) is 23.6 Å². The second-order valence-electron chi connectivity index (χ2n) is 7.72. The number of nitrogens with zero attached hydrogens (tertiary/aromatic N) is 1. The van der Waals surface area contributed by atoms with Crippen LogP contribution in [0.5, 0.6) is 0 Å². The van der Waals surface area contributed by atoms with Crippen molar-refractivity contribution in [2.24, 2.45) is 0 Å². The zero-order valence-corrected chi connectivity index (χ0v) is 16.1. The lowest BCUT2D eigenvalue weighted by Gasteiger charge is -2.42. The fourth-order valence-corrected chi connectivity index (χ4v) is 4.35. The monoisotopic (exact) mass is 392 g/mol. The summed E-state index contributed by atoms with van der Waals surface area (Å²) < 4.78 is 0. The first-order chi connectivity index (χ1) is 14.0. The molecule has 0 aromatic heterocycles. The summed E-state index contributed by atoms with van der Waals surface area (Å²) in [4.78, 5) is 39.3. The minimum absolute atomic E-state index is 0.131. The molecule has 3 unspecified atom stereocenters. The second-order valence-corrected chi connectivity index (χ2v) is 7.72. The molecule has 1 fully saturated rings. The second kappa shape index (κ2) is 8.07. The van der Waals surface area contributed by atoms with Gasteiger partial charge in [-0.25, -0.2) is 4.79 Å². The van der Waals surface area contributed by atoms with Crippen LogP contribution in [0, 0.1) is 0 Å². The fourth-order valence-electron chi connectivity index (χ4n) is 4.35. The molecule has 4 rings (SSSR count). The van der Waals surface area contributed by atoms with Crippen molar-refractivity contribution in [2.75, 3.05) is 0 Å². The molecule has 0 radical (unpaired) electrons. The Morgan fingerprint density at radius 2 is 1.76 bits per heavy atom. The maximum Gasteiger partial charge on any atom is 0.326 e. The molecular formula is C23H24N2O4. The molecule has 29 heavy (non-hydrogen) atoms. The largest absolute Gasteiger partial charge is 0.480 e. The quantitative estimate of drug-likeness (QED) is 0.786. The van der Waals surface area contributed by atoms with E-state index >= 15 is 0 Å². The number of hydrogen-bond donors (Lipinski definition) is 2. The normalized spacial score (nSPS) is 24.5. The van der Waals surface area contributed by atoms with Crippen LogP contribution in [0.25, 0.3) is 10.8 Å². The maximum atomic E-state index is 13.2. The predicted molar refractivity (Wildman–Crippen MR) is 109 cm³/mol. The number of rotatable bonds is 3. The highest BCUT2D eigenvalue weighted by atomic mass is 16.4. The molecule has 1 saturated heterocycles. The van der Waals surface area contributed by atoms with Crippen molar-refractivity contribution < 1.29 is 19.5 Å². The molecular weight excluding hydrogens is 368 g/mol. The van der Waals surface area contributed by atoms with Gasteiger partial charge < -0.3 is 15.3 Å². The summed E-state index contributed by atoms with van der Waals surface area (Å²) in [6.07, 6.45) is 6.92. The number of benzene rings is 2. The third-order valence-electron chi connectivity index (χ3n) is 5.85. The summed E-state index contributed by atoms with van der Waals surface area (Å²) in [5.41, 5.74) is 0.479. The van der Waals surface area contributed by atoms with Gasteiger partial charge in [0.05, 0.1) is 0 Å². The standard InChI is InChI=1S/C23H24N2O4/c26-21(17-13-12-15-6-1-2-7-16(15)14-17)24-19-10-4-3-8-18-9-5-11-20(23(28)29)25(18)22(19)27/h1-4,6-7,12-14,18-20H,5,8-11H2,(H,24,26)(H,28,29). The van der Waals surface area contributed by atoms with Crippen LogP contribution in [0.4, 0.5) is 0 Å². The number of piperidine rings is 1. The third-order valence-corrected chi connectivity index (χ3v) is 5.85. The Morgan fingerprint density at radius 1 is 1.00 bits per heavy atom. The van der Waals surface area contributed by atoms with E-state index in [1.807, 2.05) is 42.5 Å². The molecule has 0 saturated carbocycles. The predicted octanol–water partition coefficient (Wildman–Crippen LogP) is 3.12. The van der Waals surface area contributed by atoms with Gasteiger partial charge in [0.2, 0.25) is 5.91 Å². The van der Waals surface area contributed by atoms with Crippen molar-refractivity contribution in [1.82, 2.24) is 10.2 Å². The van der Waals surface area contributed by atoms with Gasteiger partial charge in [-0.15, -0.1) is 0 Å². The number of amides is 2. The topological polar surface area (TPSA) is 86.7 Å². The molecule has 6 nitrogen and oxygen atoms in total. The third kappa shape index (κ3) is 3.88. The molecule has 0 bridgehead atoms. The highest BCUT2D eigenvalue weighted by Crippen LogP contribution is 2.28. The highest BCUT2D eigenvalue weighted by molar-refractivity contribution is 6.01. The van der Waals surface area contributed by atoms with Crippen molar-refractivity contribution in [1.29, 1.82) is 0 Å². The lowest BCUT2D eigenvalue weighted by atomic mass is 9.90. The van der Waals surface area contributed by atoms with Gasteiger partial charge in [-0.1, -0.05) is 42.5 Å². The van der Waals surface area contributed by atoms with Gasteiger partial charge in [0.25, 0.3) is 5.91 Å². The molecule has 0 aliphatic carbocycles. The average molecular weight is 392 g/mol. The molecule has 6 heteroatoms. The number of aliphatic carboxylic acids is 1. The number of carboxylic acids is 1. The Hall–Kier alpha value is -3.15. The van der Waals surface area contributed by atoms with Crippen molar-refractivity contribution in [3.05, 3.63) is 60.2 Å². The van der Waals surface area contributed by atoms with Crippen LogP contribution in [0.15, 0.2) is 54.6 Å². The van der Waals surface area contributed by atoms with Crippen molar-refractivity contribution in [3.63, 3.8) is 0 Å². The summed E-state index contributed by atoms with van der Waals surface area (Å²) >= 11 is 0. The number of carbonyl (C=O) groups excluding carboxylic acids is 2. The Balaban J connectivity index is 1.58. The zero-order chi connectivity index (χ0) is 20.4. The van der Waals surface area contributed by atoms with E-state index in [9.17, 15) is 19.5 Å². The van der Waals surface area contributed by atoms with Gasteiger partial charge in [-0.3, -0.25) is 9.59 Å². The van der Waals surface area contributed by atoms with Crippen molar-refractivity contribution in [3.8, 4) is 0 Å². The van der Waals surface area contributed by atoms with E-state index < -0.39 is 18.1 Å². The Labute approximate surface area is 169 Å². The van der Waals surface area contributed by atoms with Gasteiger partial charge >= 0.3 is 5.97 Å². The number of carbonyl (C=O) groups is 3. The van der Waals surface area contributed by atoms with Crippen LogP contribution in [0.1, 0.15) is 42.5 Å². The first-order valence-electron chi connectivity index (χ1n) is 10.0. The minimum atomic E-state index is -0.979. The number of nitrogens with one attached hydrogen (secondary N) is 1. The Morgan fingerprint density at radius 3 is 2.55 bits per heavy atom. The van der Waals surface area contributed by atoms with E-state index in [4.69, 9.17) is 0 Å². The van der Waals surface area contributed by atoms with Gasteiger partial charge in [-0.2, -0.15) is 0 Å². The Kier molecular flexibility index (Phi) is 5.34. The molecule has 2 amide bonds. The average Bonchev–Trinajstić information content (AvgIpc) is 2.73. The van der Waals surface area contributed by atoms with Gasteiger partial charge in [0, 0.05) is 11.6 Å². The van der Waals surface area contributed by atoms with E-state index in [-0.39, 0.29) is 17.9 Å². The SMILES string of the molecule is O=C(NC1CC=CCC2CCCC(C(=O)O)N2C1=O)c1ccc2ccccc2c1. The number of fused-ring (bicyclic) bond motifs is 2. The molecule has 2 N–H and O–H groups in total. The van der Waals surface area contributed by atoms with Crippen LogP contribution < -0.4 is 5.32 Å². The van der Waals surface area contributed by atoms with Crippen LogP contribution in [0.3, 0.4) is 0 Å². The lowest BCUT2D eigenvalue weighted by molar-refractivity contribution is -0.156. The number of hydrogen-bond acceptors (Lipinski definition) is 3. The van der Waals surface area contributed by atoms with E-state index in [1.165, 1.54) is 4.90 Å². The van der Waals surface area contributed by atoms with E-state index in [2.05, 4.69) is 5.32 Å². The summed E-state index contributed by atoms with van der Waals surface area (Å²) in [5, 5.41) is 14.4. The smallest absolute Gasteiger partial charge is 0.326 e. The molecule has 2 aromatic rings. The molecule has 3 atom stereocenters. The summed E-state index contributed by atoms with van der Waals surface area (Å²) in [5.74, 6) is -1.61. The zero-order valence-electron chi connectivity index (χ0n) is 16.1. The first-order valence-corrected chi connectivity index (χ1v) is 10.0. The van der Waals surface area contributed by atoms with E-state index in [0.29, 0.717) is 24.8 Å². The van der Waals surface area contributed by atoms with Gasteiger partial charge in [0.1, 0.15) is 12.1 Å². The van der Waals surface area contributed by atoms with Gasteiger partial charge in [0.15, 0.2) is 0 Å². The summed E-state index contributed by atoms with van der Waals surface area (Å²) in [7, 11) is 0. The molecule has 150 valence electrons. The number of carboxylic acid groups (broad SMARTS) is 1. The van der Waals surface area contributed by atoms with E-state index in [1.54, 1.807) is 12.1 Å². The van der Waals surface area contributed by atoms with Crippen molar-refractivity contribution in [2.45, 2.75) is 50.2 Å². The molecule has 0 spiro atoms. The van der Waals surface area contributed by atoms with Crippen LogP contribution in [-0.4, -0.2) is 45.9 Å². The summed E-state index contributed by atoms with van der Waals surface area (Å²) in [6, 6.07) is 11.5. The van der Waals surface area contributed by atoms with Gasteiger partial charge in [-0.05, 0) is 55.0 Å². The van der Waals surface area contributed by atoms with Crippen molar-refractivity contribution >= 4 is 28.6 Å². The first kappa shape index (κ1) is 19.2. The molecule has 2 aromatic carbocycles. The van der Waals surface area contributed by atoms with Crippen LogP contribution in [-0.2, 0) is 9.59 Å². The maximum absolute atomic E-state index is 13.2. The lowest BCUT2D eigenvalue weighted by Crippen LogP contribution is -2.59. The Bertz CT molecular complexity index is 984. The fraction of sp³-hybridized carbons (Fsp3) is 0.348. The highest BCUT2D eigenvalue weighted by Gasteiger charge is 2.41. The van der Waals surface area contributed by atoms with Crippen LogP contribution in [0.2, 0.25) is 0 Å².